The van der Waals surface area contributed by atoms with Crippen LogP contribution in [0.4, 0.5) is 5.69 Å². The average Bonchev–Trinajstić information content (AvgIpc) is 2.94. The van der Waals surface area contributed by atoms with Crippen LogP contribution in [0.3, 0.4) is 0 Å². The molecule has 0 aliphatic heterocycles. The maximum Gasteiger partial charge on any atom is 0.361 e. The summed E-state index contributed by atoms with van der Waals surface area (Å²) < 4.78 is 40.3. The molecule has 1 aromatic heterocycles. The number of rotatable bonds is 10. The Bertz CT molecular complexity index is 1290. The van der Waals surface area contributed by atoms with Crippen LogP contribution >= 0.6 is 0 Å². The molecule has 0 unspecified atom stereocenters. The van der Waals surface area contributed by atoms with Crippen molar-refractivity contribution in [3.05, 3.63) is 106 Å². The Kier molecular flexibility index (Phi) is 11.3. The van der Waals surface area contributed by atoms with Crippen molar-refractivity contribution in [1.29, 1.82) is 0 Å². The summed E-state index contributed by atoms with van der Waals surface area (Å²) in [4.78, 5) is 10.7. The van der Waals surface area contributed by atoms with Crippen LogP contribution in [0.15, 0.2) is 89.3 Å². The normalized spacial score (nSPS) is 11.1. The first-order chi connectivity index (χ1) is 19.1. The Hall–Kier alpha value is -3.66. The van der Waals surface area contributed by atoms with Crippen molar-refractivity contribution < 1.29 is 38.2 Å². The second-order valence-electron chi connectivity index (χ2n) is 9.36. The average molecular weight is 566 g/mol. The standard InChI is InChI=1S/C31H32NO3.ClHO4/c1-3-5-7-23-9-13-25(14-10-23)28-21-30(26-15-11-24(12-16-26)8-6-4-2)35-31(22-28)27-17-19-29(20-18-27)32(33)34;2-1(3,4)5/h9-22H,3-8H2,1-2H3;(H,2,3,4,5)/q+1;/p-1. The molecule has 9 heteroatoms. The maximum absolute atomic E-state index is 11.1. The van der Waals surface area contributed by atoms with Crippen molar-refractivity contribution in [1.82, 2.24) is 0 Å². The highest BCUT2D eigenvalue weighted by Crippen LogP contribution is 2.34. The molecule has 0 aliphatic carbocycles. The van der Waals surface area contributed by atoms with Crippen molar-refractivity contribution in [2.75, 3.05) is 0 Å². The second-order valence-corrected chi connectivity index (χ2v) is 10.1. The molecule has 1 heterocycles. The van der Waals surface area contributed by atoms with E-state index in [4.69, 9.17) is 23.1 Å². The molecule has 0 saturated carbocycles. The Balaban J connectivity index is 0.000000810. The van der Waals surface area contributed by atoms with Gasteiger partial charge in [-0.2, -0.15) is 0 Å². The van der Waals surface area contributed by atoms with E-state index in [0.29, 0.717) is 5.76 Å². The van der Waals surface area contributed by atoms with Crippen molar-refractivity contribution >= 4 is 5.69 Å². The molecule has 4 aromatic rings. The summed E-state index contributed by atoms with van der Waals surface area (Å²) in [5.41, 5.74) is 6.71. The lowest BCUT2D eigenvalue weighted by Crippen LogP contribution is -2.68. The van der Waals surface area contributed by atoms with E-state index in [1.54, 1.807) is 12.1 Å². The number of nitrogens with zero attached hydrogens (tertiary/aromatic N) is 1. The van der Waals surface area contributed by atoms with Gasteiger partial charge in [-0.15, -0.1) is 10.2 Å². The number of unbranched alkanes of at least 4 members (excludes halogenated alkanes) is 2. The summed E-state index contributed by atoms with van der Waals surface area (Å²) >= 11 is 0. The molecule has 0 saturated heterocycles. The number of non-ortho nitro benzene ring substituents is 1. The number of hydrogen-bond donors (Lipinski definition) is 0. The maximum atomic E-state index is 11.1. The van der Waals surface area contributed by atoms with Gasteiger partial charge in [0, 0.05) is 17.7 Å². The lowest BCUT2D eigenvalue weighted by Gasteiger charge is -2.17. The van der Waals surface area contributed by atoms with Gasteiger partial charge in [0.15, 0.2) is 0 Å². The lowest BCUT2D eigenvalue weighted by atomic mass is 9.99. The minimum Gasteiger partial charge on any atom is -0.258 e. The minimum absolute atomic E-state index is 0.0652. The highest BCUT2D eigenvalue weighted by Gasteiger charge is 2.21. The Labute approximate surface area is 236 Å². The first-order valence-corrected chi connectivity index (χ1v) is 14.3. The molecule has 8 nitrogen and oxygen atoms in total. The summed E-state index contributed by atoms with van der Waals surface area (Å²) in [6, 6.07) is 27.9. The molecule has 4 rings (SSSR count). The molecule has 3 aromatic carbocycles. The molecular formula is C31H32ClNO7. The number of nitro groups is 1. The SMILES string of the molecule is CCCCc1ccc(-c2cc(-c3ccc(CCCC)cc3)[o+]c(-c3ccc([N+](=O)[O-])cc3)c2)cc1.[O-][Cl+3]([O-])([O-])[O-]. The van der Waals surface area contributed by atoms with Gasteiger partial charge in [-0.25, -0.2) is 23.1 Å². The lowest BCUT2D eigenvalue weighted by molar-refractivity contribution is -2.00. The largest absolute Gasteiger partial charge is 0.361 e. The predicted molar refractivity (Wildman–Crippen MR) is 143 cm³/mol. The van der Waals surface area contributed by atoms with Gasteiger partial charge in [-0.05, 0) is 66.6 Å². The third kappa shape index (κ3) is 9.82. The van der Waals surface area contributed by atoms with Crippen LogP contribution in [0.5, 0.6) is 0 Å². The predicted octanol–water partition coefficient (Wildman–Crippen LogP) is 4.40. The van der Waals surface area contributed by atoms with Crippen LogP contribution in [0.2, 0.25) is 0 Å². The van der Waals surface area contributed by atoms with Crippen LogP contribution in [-0.4, -0.2) is 4.92 Å². The number of benzene rings is 3. The minimum atomic E-state index is -4.94. The first kappa shape index (κ1) is 30.9. The Morgan fingerprint density at radius 2 is 1.00 bits per heavy atom. The molecule has 0 amide bonds. The van der Waals surface area contributed by atoms with E-state index in [1.165, 1.54) is 48.9 Å². The molecular weight excluding hydrogens is 534 g/mol. The highest BCUT2D eigenvalue weighted by atomic mass is 35.7. The van der Waals surface area contributed by atoms with Gasteiger partial charge in [0.2, 0.25) is 0 Å². The summed E-state index contributed by atoms with van der Waals surface area (Å²) in [6.45, 7) is 4.41. The van der Waals surface area contributed by atoms with Gasteiger partial charge in [-0.3, -0.25) is 10.1 Å². The fourth-order valence-electron chi connectivity index (χ4n) is 4.16. The van der Waals surface area contributed by atoms with Gasteiger partial charge >= 0.3 is 11.5 Å². The van der Waals surface area contributed by atoms with E-state index in [9.17, 15) is 10.1 Å². The second kappa shape index (κ2) is 14.6. The zero-order valence-corrected chi connectivity index (χ0v) is 23.3. The van der Waals surface area contributed by atoms with E-state index in [-0.39, 0.29) is 10.6 Å². The molecule has 0 bridgehead atoms. The quantitative estimate of drug-likeness (QED) is 0.157. The van der Waals surface area contributed by atoms with Gasteiger partial charge < -0.3 is 0 Å². The van der Waals surface area contributed by atoms with Crippen LogP contribution in [0, 0.1) is 20.4 Å². The molecule has 210 valence electrons. The first-order valence-electron chi connectivity index (χ1n) is 13.1. The van der Waals surface area contributed by atoms with E-state index >= 15 is 0 Å². The van der Waals surface area contributed by atoms with Gasteiger partial charge in [-0.1, -0.05) is 63.1 Å². The third-order valence-electron chi connectivity index (χ3n) is 6.32. The summed E-state index contributed by atoms with van der Waals surface area (Å²) in [5, 5.41) is 11.1. The van der Waals surface area contributed by atoms with Crippen molar-refractivity contribution in [2.24, 2.45) is 0 Å². The van der Waals surface area contributed by atoms with E-state index < -0.39 is 10.2 Å². The summed E-state index contributed by atoms with van der Waals surface area (Å²) in [6.07, 6.45) is 6.89. The van der Waals surface area contributed by atoms with Crippen LogP contribution in [0.1, 0.15) is 50.7 Å². The van der Waals surface area contributed by atoms with Gasteiger partial charge in [0.1, 0.15) is 0 Å². The molecule has 0 spiro atoms. The fraction of sp³-hybridized carbons (Fsp3) is 0.258. The van der Waals surface area contributed by atoms with Gasteiger partial charge in [0.05, 0.1) is 28.2 Å². The van der Waals surface area contributed by atoms with Crippen molar-refractivity contribution in [3.63, 3.8) is 0 Å². The van der Waals surface area contributed by atoms with Crippen molar-refractivity contribution in [3.8, 4) is 33.8 Å². The number of nitro benzene ring substituents is 1. The highest BCUT2D eigenvalue weighted by molar-refractivity contribution is 5.75. The molecule has 40 heavy (non-hydrogen) atoms. The van der Waals surface area contributed by atoms with E-state index in [1.807, 2.05) is 6.07 Å². The van der Waals surface area contributed by atoms with Crippen molar-refractivity contribution in [2.45, 2.75) is 52.4 Å². The monoisotopic (exact) mass is 565 g/mol. The summed E-state index contributed by atoms with van der Waals surface area (Å²) in [7, 11) is -4.94. The smallest absolute Gasteiger partial charge is 0.258 e. The summed E-state index contributed by atoms with van der Waals surface area (Å²) in [5.74, 6) is 1.45. The molecule has 0 atom stereocenters. The Morgan fingerprint density at radius 3 is 1.38 bits per heavy atom. The molecule has 0 aliphatic rings. The van der Waals surface area contributed by atoms with E-state index in [2.05, 4.69) is 68.4 Å². The third-order valence-corrected chi connectivity index (χ3v) is 6.32. The topological polar surface area (TPSA) is 147 Å². The number of hydrogen-bond acceptors (Lipinski definition) is 6. The zero-order valence-electron chi connectivity index (χ0n) is 22.5. The molecule has 0 radical (unpaired) electrons. The Morgan fingerprint density at radius 1 is 0.625 bits per heavy atom. The number of aryl methyl sites for hydroxylation is 2. The van der Waals surface area contributed by atoms with Crippen LogP contribution < -0.4 is 18.6 Å². The van der Waals surface area contributed by atoms with E-state index in [0.717, 1.165) is 40.9 Å². The van der Waals surface area contributed by atoms with Crippen LogP contribution in [0.25, 0.3) is 33.8 Å². The van der Waals surface area contributed by atoms with Crippen LogP contribution in [-0.2, 0) is 12.8 Å². The molecule has 0 N–H and O–H groups in total. The number of halogens is 1. The molecule has 0 fully saturated rings. The fourth-order valence-corrected chi connectivity index (χ4v) is 4.16. The van der Waals surface area contributed by atoms with Gasteiger partial charge in [0.25, 0.3) is 5.69 Å². The zero-order chi connectivity index (χ0) is 29.1.